The highest BCUT2D eigenvalue weighted by molar-refractivity contribution is 7.10. The van der Waals surface area contributed by atoms with E-state index in [2.05, 4.69) is 60.3 Å². The summed E-state index contributed by atoms with van der Waals surface area (Å²) in [6.45, 7) is 18.4. The standard InChI is InChI=1S/C48H66N8O7S/c1-12-55-38-18-17-30-21-33(38)34(42(55)32-15-13-19-49-40(32)29(4)61-10)23-47(5,6)27-63-45(59)35-16-14-20-56(52-35)44(58)36(22-39-50-37(30)26-64-39)51-43(57)41(28(2)3)53(9)46(60)54-24-31(25-54)48(7,8)62-11/h13,15,17-19,21,26,28-29,31,35-36,41,52H,12,14,16,20,22-25,27H2,1-11H3,(H,51,57)/t29-,35-,36-,41-/m0/s1. The lowest BCUT2D eigenvalue weighted by Crippen LogP contribution is -2.64. The number of amides is 4. The van der Waals surface area contributed by atoms with Crippen molar-refractivity contribution in [1.29, 1.82) is 0 Å². The number of likely N-dealkylation sites (tertiary alicyclic amines) is 1. The topological polar surface area (TPSA) is 160 Å². The number of hydrazine groups is 1. The molecule has 346 valence electrons. The van der Waals surface area contributed by atoms with E-state index >= 15 is 0 Å². The van der Waals surface area contributed by atoms with E-state index < -0.39 is 41.3 Å². The van der Waals surface area contributed by atoms with Crippen molar-refractivity contribution in [2.24, 2.45) is 17.3 Å². The van der Waals surface area contributed by atoms with Crippen LogP contribution in [0.25, 0.3) is 33.4 Å². The summed E-state index contributed by atoms with van der Waals surface area (Å²) in [4.78, 5) is 69.8. The van der Waals surface area contributed by atoms with Gasteiger partial charge in [-0.05, 0) is 82.7 Å². The van der Waals surface area contributed by atoms with E-state index in [1.54, 1.807) is 32.4 Å². The van der Waals surface area contributed by atoms with E-state index in [1.807, 2.05) is 46.1 Å². The molecule has 3 aliphatic heterocycles. The van der Waals surface area contributed by atoms with Gasteiger partial charge in [-0.2, -0.15) is 0 Å². The van der Waals surface area contributed by atoms with Crippen molar-refractivity contribution in [1.82, 2.24) is 40.1 Å². The Bertz CT molecular complexity index is 2370. The number of benzene rings is 1. The fourth-order valence-corrected chi connectivity index (χ4v) is 10.2. The van der Waals surface area contributed by atoms with Crippen molar-refractivity contribution >= 4 is 46.1 Å². The molecule has 0 aliphatic carbocycles. The van der Waals surface area contributed by atoms with Gasteiger partial charge in [-0.25, -0.2) is 15.2 Å². The first-order valence-corrected chi connectivity index (χ1v) is 23.4. The minimum Gasteiger partial charge on any atom is -0.464 e. The number of thiazole rings is 1. The number of aryl methyl sites for hydroxylation is 1. The molecule has 0 saturated carbocycles. The molecule has 0 spiro atoms. The van der Waals surface area contributed by atoms with Gasteiger partial charge in [0.2, 0.25) is 5.91 Å². The molecule has 7 rings (SSSR count). The SMILES string of the molecule is CCn1c(-c2cccnc2[C@H](C)OC)c2c3cc(ccc31)-c1csc(n1)C[C@H](NC(=O)[C@H](C(C)C)N(C)C(=O)N1CC(C(C)(C)OC)C1)C(=O)N1CCC[C@H](N1)C(=O)OCC(C)(C)C2. The Balaban J connectivity index is 1.26. The fraction of sp³-hybridized carbons (Fsp3) is 0.583. The number of esters is 1. The molecule has 0 unspecified atom stereocenters. The van der Waals surface area contributed by atoms with Crippen LogP contribution in [0.2, 0.25) is 0 Å². The molecule has 4 aromatic rings. The molecular weight excluding hydrogens is 833 g/mol. The second-order valence-corrected chi connectivity index (χ2v) is 20.2. The van der Waals surface area contributed by atoms with Gasteiger partial charge in [-0.1, -0.05) is 33.8 Å². The number of likely N-dealkylation sites (N-methyl/N-ethyl adjacent to an activating group) is 1. The predicted octanol–water partition coefficient (Wildman–Crippen LogP) is 6.64. The zero-order chi connectivity index (χ0) is 46.2. The number of hydrogen-bond acceptors (Lipinski definition) is 11. The van der Waals surface area contributed by atoms with Crippen LogP contribution in [0, 0.1) is 17.3 Å². The van der Waals surface area contributed by atoms with Crippen LogP contribution < -0.4 is 10.7 Å². The minimum atomic E-state index is -1.05. The molecule has 15 nitrogen and oxygen atoms in total. The molecule has 6 bridgehead atoms. The molecule has 16 heteroatoms. The Hall–Kier alpha value is -4.90. The summed E-state index contributed by atoms with van der Waals surface area (Å²) in [5, 5.41) is 8.19. The van der Waals surface area contributed by atoms with E-state index in [0.29, 0.717) is 50.4 Å². The van der Waals surface area contributed by atoms with Crippen molar-refractivity contribution in [2.45, 2.75) is 117 Å². The molecule has 0 radical (unpaired) electrons. The maximum atomic E-state index is 14.6. The van der Waals surface area contributed by atoms with Gasteiger partial charge >= 0.3 is 12.0 Å². The molecule has 3 aliphatic rings. The van der Waals surface area contributed by atoms with Crippen LogP contribution in [0.3, 0.4) is 0 Å². The van der Waals surface area contributed by atoms with Crippen LogP contribution in [0.5, 0.6) is 0 Å². The zero-order valence-electron chi connectivity index (χ0n) is 39.3. The lowest BCUT2D eigenvalue weighted by molar-refractivity contribution is -0.155. The van der Waals surface area contributed by atoms with Gasteiger partial charge in [0.05, 0.1) is 40.4 Å². The number of carbonyl (C=O) groups is 4. The molecule has 2 N–H and O–H groups in total. The fourth-order valence-electron chi connectivity index (χ4n) is 9.33. The number of ether oxygens (including phenoxy) is 3. The Labute approximate surface area is 381 Å². The molecule has 4 atom stereocenters. The van der Waals surface area contributed by atoms with Crippen LogP contribution in [0.4, 0.5) is 4.79 Å². The molecular formula is C48H66N8O7S. The molecule has 64 heavy (non-hydrogen) atoms. The number of hydrogen-bond donors (Lipinski definition) is 2. The highest BCUT2D eigenvalue weighted by Gasteiger charge is 2.44. The number of cyclic esters (lactones) is 1. The van der Waals surface area contributed by atoms with Crippen molar-refractivity contribution < 1.29 is 33.4 Å². The first-order valence-electron chi connectivity index (χ1n) is 22.6. The number of methoxy groups -OCH3 is 2. The van der Waals surface area contributed by atoms with Gasteiger partial charge in [0.1, 0.15) is 18.1 Å². The smallest absolute Gasteiger partial charge is 0.324 e. The van der Waals surface area contributed by atoms with Crippen LogP contribution in [0.15, 0.2) is 41.9 Å². The van der Waals surface area contributed by atoms with Gasteiger partial charge < -0.3 is 33.9 Å². The second kappa shape index (κ2) is 18.9. The van der Waals surface area contributed by atoms with E-state index in [0.717, 1.165) is 44.7 Å². The summed E-state index contributed by atoms with van der Waals surface area (Å²) in [7, 11) is 5.00. The number of urea groups is 1. The number of nitrogens with one attached hydrogen (secondary N) is 2. The Morgan fingerprint density at radius 1 is 1.14 bits per heavy atom. The molecule has 1 aromatic carbocycles. The van der Waals surface area contributed by atoms with E-state index in [4.69, 9.17) is 24.2 Å². The summed E-state index contributed by atoms with van der Waals surface area (Å²) >= 11 is 1.42. The summed E-state index contributed by atoms with van der Waals surface area (Å²) in [6, 6.07) is 7.51. The molecule has 2 saturated heterocycles. The first kappa shape index (κ1) is 47.1. The minimum absolute atomic E-state index is 0.102. The number of aromatic nitrogens is 3. The summed E-state index contributed by atoms with van der Waals surface area (Å²) in [5.74, 6) is -1.39. The maximum absolute atomic E-state index is 14.6. The highest BCUT2D eigenvalue weighted by atomic mass is 32.1. The van der Waals surface area contributed by atoms with E-state index in [9.17, 15) is 19.2 Å². The lowest BCUT2D eigenvalue weighted by atomic mass is 9.84. The highest BCUT2D eigenvalue weighted by Crippen LogP contribution is 2.42. The lowest BCUT2D eigenvalue weighted by Gasteiger charge is -2.48. The molecule has 3 aromatic heterocycles. The van der Waals surface area contributed by atoms with E-state index in [1.165, 1.54) is 21.2 Å². The number of carbonyl (C=O) groups excluding carboxylic acids is 4. The van der Waals surface area contributed by atoms with Crippen molar-refractivity contribution in [3.05, 3.63) is 58.2 Å². The van der Waals surface area contributed by atoms with Crippen LogP contribution in [0.1, 0.15) is 90.6 Å². The normalized spacial score (nSPS) is 20.7. The Kier molecular flexibility index (Phi) is 13.9. The van der Waals surface area contributed by atoms with Gasteiger partial charge in [-0.15, -0.1) is 11.3 Å². The number of nitrogens with zero attached hydrogens (tertiary/aromatic N) is 6. The van der Waals surface area contributed by atoms with Crippen molar-refractivity contribution in [2.75, 3.05) is 47.5 Å². The number of fused-ring (bicyclic) bond motifs is 6. The van der Waals surface area contributed by atoms with Crippen LogP contribution >= 0.6 is 11.3 Å². The second-order valence-electron chi connectivity index (χ2n) is 19.3. The monoisotopic (exact) mass is 898 g/mol. The van der Waals surface area contributed by atoms with Gasteiger partial charge in [0.25, 0.3) is 5.91 Å². The average molecular weight is 899 g/mol. The number of pyridine rings is 1. The summed E-state index contributed by atoms with van der Waals surface area (Å²) in [6.07, 6.45) is 3.27. The van der Waals surface area contributed by atoms with Crippen molar-refractivity contribution in [3.8, 4) is 22.5 Å². The van der Waals surface area contributed by atoms with E-state index in [-0.39, 0.29) is 42.6 Å². The Morgan fingerprint density at radius 3 is 2.58 bits per heavy atom. The summed E-state index contributed by atoms with van der Waals surface area (Å²) in [5.41, 5.74) is 8.98. The average Bonchev–Trinajstić information content (AvgIpc) is 3.85. The number of rotatable bonds is 10. The maximum Gasteiger partial charge on any atom is 0.324 e. The first-order chi connectivity index (χ1) is 30.4. The molecule has 2 fully saturated rings. The van der Waals surface area contributed by atoms with Gasteiger partial charge in [0.15, 0.2) is 0 Å². The third-order valence-electron chi connectivity index (χ3n) is 13.4. The largest absolute Gasteiger partial charge is 0.464 e. The third-order valence-corrected chi connectivity index (χ3v) is 14.3. The van der Waals surface area contributed by atoms with Gasteiger partial charge in [-0.3, -0.25) is 24.4 Å². The molecule has 6 heterocycles. The van der Waals surface area contributed by atoms with Gasteiger partial charge in [0, 0.05) is 98.8 Å². The molecule has 4 amide bonds. The predicted molar refractivity (Wildman–Crippen MR) is 247 cm³/mol. The van der Waals surface area contributed by atoms with Crippen LogP contribution in [-0.2, 0) is 48.0 Å². The Morgan fingerprint density at radius 2 is 1.89 bits per heavy atom. The zero-order valence-corrected chi connectivity index (χ0v) is 40.1. The van der Waals surface area contributed by atoms with Crippen molar-refractivity contribution in [3.63, 3.8) is 0 Å². The summed E-state index contributed by atoms with van der Waals surface area (Å²) < 4.78 is 19.9. The van der Waals surface area contributed by atoms with Crippen LogP contribution in [-0.4, -0.2) is 124 Å². The third kappa shape index (κ3) is 9.42. The quantitative estimate of drug-likeness (QED) is 0.165.